The summed E-state index contributed by atoms with van der Waals surface area (Å²) in [5, 5.41) is 1.08. The Hall–Kier alpha value is -2.02. The lowest BCUT2D eigenvalue weighted by Gasteiger charge is -2.12. The van der Waals surface area contributed by atoms with Crippen molar-refractivity contribution in [3.63, 3.8) is 0 Å². The van der Waals surface area contributed by atoms with E-state index in [0.717, 1.165) is 4.90 Å². The van der Waals surface area contributed by atoms with Gasteiger partial charge in [0.2, 0.25) is 0 Å². The summed E-state index contributed by atoms with van der Waals surface area (Å²) in [6.45, 7) is 1.97. The number of nitrogens with zero attached hydrogens (tertiary/aromatic N) is 2. The fourth-order valence-corrected chi connectivity index (χ4v) is 4.09. The quantitative estimate of drug-likeness (QED) is 0.371. The maximum absolute atomic E-state index is 13.3. The Kier molecular flexibility index (Phi) is 6.42. The maximum Gasteiger partial charge on any atom is 0.356 e. The zero-order valence-corrected chi connectivity index (χ0v) is 16.6. The molecule has 0 bridgehead atoms. The Morgan fingerprint density at radius 3 is 2.48 bits per heavy atom. The van der Waals surface area contributed by atoms with Gasteiger partial charge in [-0.25, -0.2) is 14.2 Å². The first-order valence-corrected chi connectivity index (χ1v) is 9.82. The number of imidazole rings is 1. The topological polar surface area (TPSA) is 44.1 Å². The van der Waals surface area contributed by atoms with Gasteiger partial charge in [-0.15, -0.1) is 11.8 Å². The SMILES string of the molecule is CCOC(=O)c1cnc(CSc2c(Cl)cccc2Cl)n1-c1ccc(F)cc1. The molecule has 0 radical (unpaired) electrons. The van der Waals surface area contributed by atoms with Gasteiger partial charge in [0, 0.05) is 10.6 Å². The largest absolute Gasteiger partial charge is 0.461 e. The van der Waals surface area contributed by atoms with Crippen LogP contribution < -0.4 is 0 Å². The smallest absolute Gasteiger partial charge is 0.356 e. The van der Waals surface area contributed by atoms with E-state index in [9.17, 15) is 9.18 Å². The molecule has 3 rings (SSSR count). The number of hydrogen-bond donors (Lipinski definition) is 0. The fraction of sp³-hybridized carbons (Fsp3) is 0.158. The summed E-state index contributed by atoms with van der Waals surface area (Å²) in [6.07, 6.45) is 1.45. The van der Waals surface area contributed by atoms with Crippen molar-refractivity contribution in [3.8, 4) is 5.69 Å². The van der Waals surface area contributed by atoms with Crippen molar-refractivity contribution in [3.05, 3.63) is 76.0 Å². The average molecular weight is 425 g/mol. The second-order valence-corrected chi connectivity index (χ2v) is 7.23. The van der Waals surface area contributed by atoms with Crippen LogP contribution in [-0.2, 0) is 10.5 Å². The minimum absolute atomic E-state index is 0.243. The molecule has 0 N–H and O–H groups in total. The zero-order chi connectivity index (χ0) is 19.4. The Balaban J connectivity index is 1.97. The number of carbonyl (C=O) groups excluding carboxylic acids is 1. The summed E-state index contributed by atoms with van der Waals surface area (Å²) in [7, 11) is 0. The molecule has 0 amide bonds. The molecule has 0 unspecified atom stereocenters. The van der Waals surface area contributed by atoms with Crippen LogP contribution in [0.4, 0.5) is 4.39 Å². The lowest BCUT2D eigenvalue weighted by molar-refractivity contribution is 0.0516. The predicted molar refractivity (Wildman–Crippen MR) is 106 cm³/mol. The number of carbonyl (C=O) groups is 1. The van der Waals surface area contributed by atoms with Crippen molar-refractivity contribution < 1.29 is 13.9 Å². The van der Waals surface area contributed by atoms with Crippen molar-refractivity contribution in [2.45, 2.75) is 17.6 Å². The van der Waals surface area contributed by atoms with Crippen LogP contribution in [0.15, 0.2) is 53.6 Å². The van der Waals surface area contributed by atoms with Crippen LogP contribution in [0.2, 0.25) is 10.0 Å². The van der Waals surface area contributed by atoms with Crippen LogP contribution in [-0.4, -0.2) is 22.1 Å². The van der Waals surface area contributed by atoms with Crippen molar-refractivity contribution >= 4 is 40.9 Å². The van der Waals surface area contributed by atoms with Gasteiger partial charge in [-0.2, -0.15) is 0 Å². The van der Waals surface area contributed by atoms with E-state index in [1.165, 1.54) is 30.1 Å². The maximum atomic E-state index is 13.3. The molecule has 0 saturated carbocycles. The van der Waals surface area contributed by atoms with E-state index >= 15 is 0 Å². The van der Waals surface area contributed by atoms with Gasteiger partial charge < -0.3 is 4.74 Å². The molecule has 1 aromatic heterocycles. The van der Waals surface area contributed by atoms with Gasteiger partial charge in [-0.3, -0.25) is 4.57 Å². The fourth-order valence-electron chi connectivity index (χ4n) is 2.48. The molecule has 0 fully saturated rings. The zero-order valence-electron chi connectivity index (χ0n) is 14.3. The second-order valence-electron chi connectivity index (χ2n) is 5.43. The van der Waals surface area contributed by atoms with Gasteiger partial charge in [-0.05, 0) is 43.3 Å². The minimum Gasteiger partial charge on any atom is -0.461 e. The first-order chi connectivity index (χ1) is 13.0. The number of aromatic nitrogens is 2. The summed E-state index contributed by atoms with van der Waals surface area (Å²) in [6, 6.07) is 11.1. The Morgan fingerprint density at radius 2 is 1.85 bits per heavy atom. The van der Waals surface area contributed by atoms with Crippen LogP contribution in [0.25, 0.3) is 5.69 Å². The number of benzene rings is 2. The van der Waals surface area contributed by atoms with Gasteiger partial charge >= 0.3 is 5.97 Å². The number of rotatable bonds is 6. The number of ether oxygens (including phenoxy) is 1. The molecule has 4 nitrogen and oxygen atoms in total. The molecular formula is C19H15Cl2FN2O2S. The summed E-state index contributed by atoms with van der Waals surface area (Å²) < 4.78 is 20.1. The lowest BCUT2D eigenvalue weighted by atomic mass is 10.3. The highest BCUT2D eigenvalue weighted by Gasteiger charge is 2.20. The van der Waals surface area contributed by atoms with Gasteiger partial charge in [0.05, 0.1) is 28.6 Å². The van der Waals surface area contributed by atoms with E-state index in [-0.39, 0.29) is 18.1 Å². The third-order valence-corrected chi connectivity index (χ3v) is 5.65. The van der Waals surface area contributed by atoms with E-state index < -0.39 is 5.97 Å². The van der Waals surface area contributed by atoms with Crippen LogP contribution in [0, 0.1) is 5.82 Å². The number of halogens is 3. The summed E-state index contributed by atoms with van der Waals surface area (Å²) in [4.78, 5) is 17.4. The third kappa shape index (κ3) is 4.46. The Morgan fingerprint density at radius 1 is 1.19 bits per heavy atom. The third-order valence-electron chi connectivity index (χ3n) is 3.67. The first kappa shape index (κ1) is 19.7. The number of hydrogen-bond acceptors (Lipinski definition) is 4. The van der Waals surface area contributed by atoms with E-state index in [1.54, 1.807) is 41.8 Å². The second kappa shape index (κ2) is 8.78. The van der Waals surface area contributed by atoms with E-state index in [0.29, 0.717) is 27.3 Å². The summed E-state index contributed by atoms with van der Waals surface area (Å²) in [5.74, 6) is 0.127. The highest BCUT2D eigenvalue weighted by Crippen LogP contribution is 2.36. The number of esters is 1. The molecule has 0 aliphatic heterocycles. The Bertz CT molecular complexity index is 941. The summed E-state index contributed by atoms with van der Waals surface area (Å²) in [5.41, 5.74) is 0.877. The van der Waals surface area contributed by atoms with Crippen molar-refractivity contribution in [2.75, 3.05) is 6.61 Å². The highest BCUT2D eigenvalue weighted by molar-refractivity contribution is 7.98. The predicted octanol–water partition coefficient (Wildman–Crippen LogP) is 5.79. The number of thioether (sulfide) groups is 1. The monoisotopic (exact) mass is 424 g/mol. The van der Waals surface area contributed by atoms with E-state index in [4.69, 9.17) is 27.9 Å². The lowest BCUT2D eigenvalue weighted by Crippen LogP contribution is -2.12. The van der Waals surface area contributed by atoms with Gasteiger partial charge in [0.15, 0.2) is 5.69 Å². The van der Waals surface area contributed by atoms with Crippen LogP contribution in [0.3, 0.4) is 0 Å². The molecule has 0 spiro atoms. The van der Waals surface area contributed by atoms with Crippen molar-refractivity contribution in [1.29, 1.82) is 0 Å². The van der Waals surface area contributed by atoms with E-state index in [2.05, 4.69) is 4.98 Å². The molecule has 0 aliphatic carbocycles. The Labute approximate surface area is 170 Å². The average Bonchev–Trinajstić information content (AvgIpc) is 3.06. The molecule has 0 saturated heterocycles. The molecule has 2 aromatic carbocycles. The standard InChI is InChI=1S/C19H15Cl2FN2O2S/c1-2-26-19(25)16-10-23-17(24(16)13-8-6-12(22)7-9-13)11-27-18-14(20)4-3-5-15(18)21/h3-10H,2,11H2,1H3. The molecule has 1 heterocycles. The van der Waals surface area contributed by atoms with E-state index in [1.807, 2.05) is 0 Å². The van der Waals surface area contributed by atoms with Crippen LogP contribution in [0.5, 0.6) is 0 Å². The normalized spacial score (nSPS) is 10.8. The molecule has 27 heavy (non-hydrogen) atoms. The molecule has 3 aromatic rings. The van der Waals surface area contributed by atoms with Crippen LogP contribution in [0.1, 0.15) is 23.2 Å². The first-order valence-electron chi connectivity index (χ1n) is 8.07. The highest BCUT2D eigenvalue weighted by atomic mass is 35.5. The minimum atomic E-state index is -0.499. The van der Waals surface area contributed by atoms with Gasteiger partial charge in [-0.1, -0.05) is 29.3 Å². The van der Waals surface area contributed by atoms with Gasteiger partial charge in [0.25, 0.3) is 0 Å². The molecular weight excluding hydrogens is 410 g/mol. The summed E-state index contributed by atoms with van der Waals surface area (Å²) >= 11 is 13.8. The molecule has 140 valence electrons. The molecule has 8 heteroatoms. The van der Waals surface area contributed by atoms with Crippen LogP contribution >= 0.6 is 35.0 Å². The molecule has 0 aliphatic rings. The van der Waals surface area contributed by atoms with Crippen molar-refractivity contribution in [1.82, 2.24) is 9.55 Å². The molecule has 0 atom stereocenters. The van der Waals surface area contributed by atoms with Gasteiger partial charge in [0.1, 0.15) is 11.6 Å². The van der Waals surface area contributed by atoms with Crippen molar-refractivity contribution in [2.24, 2.45) is 0 Å².